The summed E-state index contributed by atoms with van der Waals surface area (Å²) in [6, 6.07) is 0. The van der Waals surface area contributed by atoms with E-state index in [0.29, 0.717) is 0 Å². The van der Waals surface area contributed by atoms with Crippen LogP contribution in [0.25, 0.3) is 0 Å². The van der Waals surface area contributed by atoms with Crippen molar-refractivity contribution in [3.63, 3.8) is 0 Å². The fourth-order valence-electron chi connectivity index (χ4n) is 1.26. The summed E-state index contributed by atoms with van der Waals surface area (Å²) >= 11 is 0. The van der Waals surface area contributed by atoms with E-state index >= 15 is 0 Å². The Morgan fingerprint density at radius 1 is 1.18 bits per heavy atom. The third-order valence-corrected chi connectivity index (χ3v) is 2.50. The average molecular weight is 271 g/mol. The number of ether oxygens (including phenoxy) is 1. The number of aliphatic hydroxyl groups is 3. The molecule has 1 aliphatic rings. The zero-order valence-corrected chi connectivity index (χ0v) is 8.93. The first kappa shape index (κ1) is 14.5. The molecule has 1 aliphatic heterocycles. The Morgan fingerprint density at radius 2 is 1.71 bits per heavy atom. The zero-order valence-electron chi connectivity index (χ0n) is 8.03. The van der Waals surface area contributed by atoms with Gasteiger partial charge in [0.25, 0.3) is 0 Å². The van der Waals surface area contributed by atoms with E-state index in [0.717, 1.165) is 0 Å². The van der Waals surface area contributed by atoms with Crippen molar-refractivity contribution in [2.75, 3.05) is 0 Å². The summed E-state index contributed by atoms with van der Waals surface area (Å²) in [6.45, 7) is 0. The van der Waals surface area contributed by atoms with Gasteiger partial charge < -0.3 is 48.8 Å². The lowest BCUT2D eigenvalue weighted by Gasteiger charge is -2.43. The number of carbonyl (C=O) groups is 1. The lowest BCUT2D eigenvalue weighted by molar-refractivity contribution is -0.376. The standard InChI is InChI=1S/C6H11O10P/c7-1-2(8)4(5(10)11)15-6(3(1)9)16-17(12,13)14/h1-4,6-9H,(H,10,11)(H2,12,13,14)/p-3/t1-,2+,3+,4-,6+/m0/s1. The molecule has 5 atom stereocenters. The van der Waals surface area contributed by atoms with Crippen molar-refractivity contribution in [1.29, 1.82) is 0 Å². The minimum atomic E-state index is -5.57. The summed E-state index contributed by atoms with van der Waals surface area (Å²) < 4.78 is 18.3. The number of hydrogen-bond donors (Lipinski definition) is 3. The van der Waals surface area contributed by atoms with Gasteiger partial charge in [0.05, 0.1) is 13.8 Å². The van der Waals surface area contributed by atoms with Crippen LogP contribution in [0.5, 0.6) is 0 Å². The molecule has 100 valence electrons. The molecule has 11 heteroatoms. The fourth-order valence-corrected chi connectivity index (χ4v) is 1.69. The molecule has 0 radical (unpaired) electrons. The number of carboxylic acid groups (broad SMARTS) is 1. The van der Waals surface area contributed by atoms with Crippen LogP contribution < -0.4 is 14.9 Å². The molecule has 10 nitrogen and oxygen atoms in total. The number of carbonyl (C=O) groups excluding carboxylic acids is 1. The normalized spacial score (nSPS) is 39.0. The summed E-state index contributed by atoms with van der Waals surface area (Å²) in [4.78, 5) is 31.0. The molecule has 0 aromatic heterocycles. The number of aliphatic hydroxyl groups excluding tert-OH is 3. The second-order valence-corrected chi connectivity index (χ2v) is 4.37. The van der Waals surface area contributed by atoms with Gasteiger partial charge in [0.2, 0.25) is 0 Å². The summed E-state index contributed by atoms with van der Waals surface area (Å²) in [7, 11) is -5.57. The third-order valence-electron chi connectivity index (χ3n) is 2.03. The van der Waals surface area contributed by atoms with E-state index in [2.05, 4.69) is 9.26 Å². The van der Waals surface area contributed by atoms with Crippen molar-refractivity contribution in [1.82, 2.24) is 0 Å². The monoisotopic (exact) mass is 271 g/mol. The molecular formula is C6H8O10P-3. The number of phosphoric ester groups is 1. The number of aliphatic carboxylic acids is 1. The number of phosphoric acid groups is 1. The molecule has 17 heavy (non-hydrogen) atoms. The van der Waals surface area contributed by atoms with Crippen LogP contribution in [0.3, 0.4) is 0 Å². The number of carboxylic acids is 1. The summed E-state index contributed by atoms with van der Waals surface area (Å²) in [6.07, 6.45) is -10.6. The fraction of sp³-hybridized carbons (Fsp3) is 0.833. The molecule has 1 rings (SSSR count). The average Bonchev–Trinajstić information content (AvgIpc) is 2.16. The van der Waals surface area contributed by atoms with Crippen LogP contribution in [-0.4, -0.2) is 52.0 Å². The highest BCUT2D eigenvalue weighted by Crippen LogP contribution is 2.33. The largest absolute Gasteiger partial charge is 0.790 e. The van der Waals surface area contributed by atoms with Gasteiger partial charge in [-0.15, -0.1) is 0 Å². The Kier molecular flexibility index (Phi) is 4.23. The Hall–Kier alpha value is -0.580. The van der Waals surface area contributed by atoms with Crippen LogP contribution >= 0.6 is 7.82 Å². The van der Waals surface area contributed by atoms with Gasteiger partial charge in [-0.2, -0.15) is 0 Å². The van der Waals surface area contributed by atoms with Crippen LogP contribution in [0.4, 0.5) is 0 Å². The topological polar surface area (TPSA) is 182 Å². The minimum absolute atomic E-state index is 1.97. The molecule has 0 amide bonds. The highest BCUT2D eigenvalue weighted by molar-refractivity contribution is 7.43. The van der Waals surface area contributed by atoms with Crippen LogP contribution in [-0.2, 0) is 18.6 Å². The molecule has 0 bridgehead atoms. The molecule has 0 unspecified atom stereocenters. The van der Waals surface area contributed by atoms with Gasteiger partial charge in [-0.05, 0) is 0 Å². The Morgan fingerprint density at radius 3 is 2.12 bits per heavy atom. The lowest BCUT2D eigenvalue weighted by atomic mass is 9.99. The van der Waals surface area contributed by atoms with E-state index in [-0.39, 0.29) is 0 Å². The van der Waals surface area contributed by atoms with E-state index in [9.17, 15) is 34.5 Å². The van der Waals surface area contributed by atoms with Crippen LogP contribution in [0.2, 0.25) is 0 Å². The molecule has 0 saturated carbocycles. The number of rotatable bonds is 3. The molecular weight excluding hydrogens is 263 g/mol. The minimum Gasteiger partial charge on any atom is -0.790 e. The quantitative estimate of drug-likeness (QED) is 0.418. The molecule has 0 spiro atoms. The maximum absolute atomic E-state index is 10.5. The first-order valence-electron chi connectivity index (χ1n) is 4.24. The molecule has 1 heterocycles. The molecule has 3 N–H and O–H groups in total. The van der Waals surface area contributed by atoms with Gasteiger partial charge in [0.15, 0.2) is 6.29 Å². The summed E-state index contributed by atoms with van der Waals surface area (Å²) in [5.41, 5.74) is 0. The van der Waals surface area contributed by atoms with E-state index in [1.165, 1.54) is 0 Å². The molecule has 1 fully saturated rings. The molecule has 1 saturated heterocycles. The molecule has 0 aliphatic carbocycles. The van der Waals surface area contributed by atoms with Gasteiger partial charge in [0.1, 0.15) is 24.4 Å². The van der Waals surface area contributed by atoms with Crippen molar-refractivity contribution < 1.29 is 48.8 Å². The highest BCUT2D eigenvalue weighted by atomic mass is 31.2. The summed E-state index contributed by atoms with van der Waals surface area (Å²) in [5, 5.41) is 38.0. The van der Waals surface area contributed by atoms with E-state index < -0.39 is 44.5 Å². The smallest absolute Gasteiger partial charge is 0.191 e. The van der Waals surface area contributed by atoms with Crippen LogP contribution in [0.15, 0.2) is 0 Å². The number of hydrogen-bond acceptors (Lipinski definition) is 10. The second kappa shape index (κ2) is 4.96. The van der Waals surface area contributed by atoms with Crippen molar-refractivity contribution in [2.24, 2.45) is 0 Å². The van der Waals surface area contributed by atoms with Crippen molar-refractivity contribution in [3.8, 4) is 0 Å². The Balaban J connectivity index is 2.85. The van der Waals surface area contributed by atoms with Gasteiger partial charge in [0, 0.05) is 0 Å². The predicted molar refractivity (Wildman–Crippen MR) is 40.4 cm³/mol. The van der Waals surface area contributed by atoms with E-state index in [4.69, 9.17) is 5.11 Å². The Labute approximate surface area is 94.3 Å². The zero-order chi connectivity index (χ0) is 13.4. The first-order valence-corrected chi connectivity index (χ1v) is 5.70. The predicted octanol–water partition coefficient (Wildman–Crippen LogP) is -5.61. The van der Waals surface area contributed by atoms with Gasteiger partial charge in [-0.3, -0.25) is 0 Å². The van der Waals surface area contributed by atoms with Crippen LogP contribution in [0, 0.1) is 0 Å². The highest BCUT2D eigenvalue weighted by Gasteiger charge is 2.45. The maximum atomic E-state index is 10.5. The Bertz CT molecular complexity index is 338. The SMILES string of the molecule is O=C([O-])[C@H]1O[C@H](OP(=O)([O-])[O-])[C@H](O)[C@@H](O)[C@H]1O. The summed E-state index contributed by atoms with van der Waals surface area (Å²) in [5.74, 6) is -1.97. The lowest BCUT2D eigenvalue weighted by Crippen LogP contribution is -2.62. The van der Waals surface area contributed by atoms with Crippen molar-refractivity contribution in [2.45, 2.75) is 30.7 Å². The first-order chi connectivity index (χ1) is 7.63. The molecule has 0 aromatic carbocycles. The van der Waals surface area contributed by atoms with Crippen molar-refractivity contribution in [3.05, 3.63) is 0 Å². The van der Waals surface area contributed by atoms with Gasteiger partial charge in [-0.1, -0.05) is 0 Å². The van der Waals surface area contributed by atoms with Crippen LogP contribution in [0.1, 0.15) is 0 Å². The van der Waals surface area contributed by atoms with Gasteiger partial charge in [-0.25, -0.2) is 0 Å². The maximum Gasteiger partial charge on any atom is 0.191 e. The van der Waals surface area contributed by atoms with E-state index in [1.54, 1.807) is 0 Å². The molecule has 0 aromatic rings. The van der Waals surface area contributed by atoms with E-state index in [1.807, 2.05) is 0 Å². The van der Waals surface area contributed by atoms with Gasteiger partial charge >= 0.3 is 0 Å². The second-order valence-electron chi connectivity index (χ2n) is 3.27. The third kappa shape index (κ3) is 3.44. The van der Waals surface area contributed by atoms with Crippen molar-refractivity contribution >= 4 is 13.8 Å².